The molecule has 0 fully saturated rings. The summed E-state index contributed by atoms with van der Waals surface area (Å²) in [5.41, 5.74) is 2.36. The number of hydrogen-bond acceptors (Lipinski definition) is 5. The molecule has 0 aliphatic rings. The minimum absolute atomic E-state index is 0.123. The Kier molecular flexibility index (Phi) is 5.00. The summed E-state index contributed by atoms with van der Waals surface area (Å²) < 4.78 is 13.6. The summed E-state index contributed by atoms with van der Waals surface area (Å²) >= 11 is 2.87. The molecule has 0 aliphatic heterocycles. The Morgan fingerprint density at radius 2 is 2.07 bits per heavy atom. The highest BCUT2D eigenvalue weighted by molar-refractivity contribution is 8.00. The van der Waals surface area contributed by atoms with E-state index < -0.39 is 0 Å². The van der Waals surface area contributed by atoms with Crippen LogP contribution in [-0.4, -0.2) is 33.1 Å². The van der Waals surface area contributed by atoms with Gasteiger partial charge in [0.15, 0.2) is 0 Å². The molecule has 1 amide bonds. The number of thioether (sulfide) groups is 2. The van der Waals surface area contributed by atoms with Crippen LogP contribution in [-0.2, 0) is 4.79 Å². The van der Waals surface area contributed by atoms with E-state index in [9.17, 15) is 9.18 Å². The maximum absolute atomic E-state index is 13.6. The number of nitrogens with one attached hydrogen (secondary N) is 2. The molecule has 2 aromatic heterocycles. The predicted molar refractivity (Wildman–Crippen MR) is 109 cm³/mol. The monoisotopic (exact) mass is 398 g/mol. The van der Waals surface area contributed by atoms with Crippen molar-refractivity contribution in [3.8, 4) is 0 Å². The number of para-hydroxylation sites is 1. The van der Waals surface area contributed by atoms with Crippen molar-refractivity contribution in [1.29, 1.82) is 0 Å². The van der Waals surface area contributed by atoms with Crippen LogP contribution in [0.3, 0.4) is 0 Å². The normalized spacial score (nSPS) is 11.2. The Morgan fingerprint density at radius 3 is 2.93 bits per heavy atom. The van der Waals surface area contributed by atoms with E-state index >= 15 is 0 Å². The molecule has 8 heteroatoms. The lowest BCUT2D eigenvalue weighted by molar-refractivity contribution is -0.113. The fraction of sp³-hybridized carbons (Fsp3) is 0.105. The van der Waals surface area contributed by atoms with Crippen LogP contribution >= 0.6 is 23.5 Å². The fourth-order valence-electron chi connectivity index (χ4n) is 2.85. The third kappa shape index (κ3) is 3.63. The zero-order chi connectivity index (χ0) is 18.8. The SMILES string of the molecule is CSc1ccccc1NC(=O)CSc1nncc2c1[nH]c1ccc(F)cc12. The van der Waals surface area contributed by atoms with Gasteiger partial charge in [0.1, 0.15) is 10.8 Å². The number of aromatic amines is 1. The molecule has 0 bridgehead atoms. The summed E-state index contributed by atoms with van der Waals surface area (Å²) in [4.78, 5) is 16.6. The number of halogens is 1. The van der Waals surface area contributed by atoms with Gasteiger partial charge in [-0.1, -0.05) is 23.9 Å². The van der Waals surface area contributed by atoms with Crippen LogP contribution in [0.25, 0.3) is 21.8 Å². The molecule has 0 aliphatic carbocycles. The molecule has 0 atom stereocenters. The number of benzene rings is 2. The summed E-state index contributed by atoms with van der Waals surface area (Å²) in [7, 11) is 0. The number of H-pyrrole nitrogens is 1. The fourth-order valence-corrected chi connectivity index (χ4v) is 4.15. The molecular weight excluding hydrogens is 383 g/mol. The minimum Gasteiger partial charge on any atom is -0.352 e. The van der Waals surface area contributed by atoms with Crippen molar-refractivity contribution in [3.05, 3.63) is 54.5 Å². The Hall–Kier alpha value is -2.58. The maximum Gasteiger partial charge on any atom is 0.234 e. The highest BCUT2D eigenvalue weighted by Crippen LogP contribution is 2.31. The van der Waals surface area contributed by atoms with Gasteiger partial charge in [0.25, 0.3) is 0 Å². The second-order valence-corrected chi connectivity index (χ2v) is 7.60. The van der Waals surface area contributed by atoms with Gasteiger partial charge in [0, 0.05) is 21.2 Å². The van der Waals surface area contributed by atoms with E-state index in [4.69, 9.17) is 0 Å². The second kappa shape index (κ2) is 7.58. The first-order valence-electron chi connectivity index (χ1n) is 8.14. The quantitative estimate of drug-likeness (QED) is 0.477. The van der Waals surface area contributed by atoms with Crippen molar-refractivity contribution in [1.82, 2.24) is 15.2 Å². The molecule has 4 aromatic rings. The van der Waals surface area contributed by atoms with E-state index in [1.165, 1.54) is 23.9 Å². The summed E-state index contributed by atoms with van der Waals surface area (Å²) in [5.74, 6) is -0.232. The van der Waals surface area contributed by atoms with Gasteiger partial charge in [0.05, 0.1) is 23.2 Å². The number of carbonyl (C=O) groups is 1. The van der Waals surface area contributed by atoms with Crippen LogP contribution in [0.5, 0.6) is 0 Å². The molecule has 2 N–H and O–H groups in total. The van der Waals surface area contributed by atoms with Gasteiger partial charge in [-0.25, -0.2) is 4.39 Å². The third-order valence-electron chi connectivity index (χ3n) is 4.07. The van der Waals surface area contributed by atoms with Crippen LogP contribution in [0.4, 0.5) is 10.1 Å². The molecule has 0 radical (unpaired) electrons. The van der Waals surface area contributed by atoms with E-state index in [0.717, 1.165) is 32.4 Å². The van der Waals surface area contributed by atoms with Crippen molar-refractivity contribution in [2.45, 2.75) is 9.92 Å². The molecule has 0 saturated heterocycles. The number of carbonyl (C=O) groups excluding carboxylic acids is 1. The Morgan fingerprint density at radius 1 is 1.22 bits per heavy atom. The number of nitrogens with zero attached hydrogens (tertiary/aromatic N) is 2. The lowest BCUT2D eigenvalue weighted by Crippen LogP contribution is -2.14. The highest BCUT2D eigenvalue weighted by atomic mass is 32.2. The van der Waals surface area contributed by atoms with Gasteiger partial charge in [-0.15, -0.1) is 16.9 Å². The van der Waals surface area contributed by atoms with Crippen molar-refractivity contribution in [3.63, 3.8) is 0 Å². The molecule has 5 nitrogen and oxygen atoms in total. The smallest absolute Gasteiger partial charge is 0.234 e. The van der Waals surface area contributed by atoms with Gasteiger partial charge >= 0.3 is 0 Å². The second-order valence-electron chi connectivity index (χ2n) is 5.79. The van der Waals surface area contributed by atoms with Gasteiger partial charge < -0.3 is 10.3 Å². The first-order valence-corrected chi connectivity index (χ1v) is 10.3. The number of aromatic nitrogens is 3. The zero-order valence-corrected chi connectivity index (χ0v) is 16.0. The van der Waals surface area contributed by atoms with Crippen molar-refractivity contribution in [2.75, 3.05) is 17.3 Å². The Bertz CT molecular complexity index is 1150. The number of fused-ring (bicyclic) bond motifs is 3. The molecule has 0 saturated carbocycles. The average Bonchev–Trinajstić information content (AvgIpc) is 3.05. The number of hydrogen-bond donors (Lipinski definition) is 2. The predicted octanol–water partition coefficient (Wildman–Crippen LogP) is 4.70. The first-order chi connectivity index (χ1) is 13.2. The summed E-state index contributed by atoms with van der Waals surface area (Å²) in [6.07, 6.45) is 3.57. The van der Waals surface area contributed by atoms with E-state index in [0.29, 0.717) is 5.03 Å². The van der Waals surface area contributed by atoms with E-state index in [1.54, 1.807) is 24.0 Å². The van der Waals surface area contributed by atoms with Crippen LogP contribution in [0.2, 0.25) is 0 Å². The molecule has 4 rings (SSSR count). The van der Waals surface area contributed by atoms with Gasteiger partial charge in [0.2, 0.25) is 5.91 Å². The molecule has 2 heterocycles. The molecular formula is C19H15FN4OS2. The van der Waals surface area contributed by atoms with Gasteiger partial charge in [-0.05, 0) is 36.6 Å². The molecule has 2 aromatic carbocycles. The lowest BCUT2D eigenvalue weighted by atomic mass is 10.2. The van der Waals surface area contributed by atoms with Crippen molar-refractivity contribution < 1.29 is 9.18 Å². The van der Waals surface area contributed by atoms with E-state index in [2.05, 4.69) is 20.5 Å². The lowest BCUT2D eigenvalue weighted by Gasteiger charge is -2.08. The van der Waals surface area contributed by atoms with Crippen LogP contribution in [0.1, 0.15) is 0 Å². The molecule has 0 unspecified atom stereocenters. The van der Waals surface area contributed by atoms with Crippen molar-refractivity contribution >= 4 is 56.9 Å². The standard InChI is InChI=1S/C19H15FN4OS2/c1-26-16-5-3-2-4-15(16)22-17(25)10-27-19-18-13(9-21-24-19)12-8-11(20)6-7-14(12)23-18/h2-9,23H,10H2,1H3,(H,22,25). The van der Waals surface area contributed by atoms with E-state index in [1.807, 2.05) is 30.5 Å². The first kappa shape index (κ1) is 17.8. The summed E-state index contributed by atoms with van der Waals surface area (Å²) in [6.45, 7) is 0. The topological polar surface area (TPSA) is 70.7 Å². The average molecular weight is 398 g/mol. The number of anilines is 1. The third-order valence-corrected chi connectivity index (χ3v) is 5.83. The van der Waals surface area contributed by atoms with Gasteiger partial charge in [-0.3, -0.25) is 4.79 Å². The molecule has 27 heavy (non-hydrogen) atoms. The minimum atomic E-state index is -0.304. The number of amides is 1. The summed E-state index contributed by atoms with van der Waals surface area (Å²) in [6, 6.07) is 12.2. The Balaban J connectivity index is 1.55. The number of rotatable bonds is 5. The summed E-state index contributed by atoms with van der Waals surface area (Å²) in [5, 5.41) is 13.2. The molecule has 0 spiro atoms. The Labute approximate surface area is 163 Å². The van der Waals surface area contributed by atoms with Crippen LogP contribution < -0.4 is 5.32 Å². The van der Waals surface area contributed by atoms with Crippen molar-refractivity contribution in [2.24, 2.45) is 0 Å². The van der Waals surface area contributed by atoms with Crippen LogP contribution in [0, 0.1) is 5.82 Å². The zero-order valence-electron chi connectivity index (χ0n) is 14.3. The largest absolute Gasteiger partial charge is 0.352 e. The van der Waals surface area contributed by atoms with E-state index in [-0.39, 0.29) is 17.5 Å². The molecule has 136 valence electrons. The van der Waals surface area contributed by atoms with Gasteiger partial charge in [-0.2, -0.15) is 5.10 Å². The maximum atomic E-state index is 13.6. The van der Waals surface area contributed by atoms with Crippen LogP contribution in [0.15, 0.2) is 58.6 Å². The highest BCUT2D eigenvalue weighted by Gasteiger charge is 2.13.